The summed E-state index contributed by atoms with van der Waals surface area (Å²) in [5.41, 5.74) is 2.54. The molecule has 4 heteroatoms. The van der Waals surface area contributed by atoms with Gasteiger partial charge < -0.3 is 14.9 Å². The minimum Gasteiger partial charge on any atom is -0.481 e. The van der Waals surface area contributed by atoms with Crippen molar-refractivity contribution in [2.75, 3.05) is 31.6 Å². The topological polar surface area (TPSA) is 43.8 Å². The standard InChI is InChI=1S/C17H26N2O2/c1-14-7-11-19(12-8-14)16-5-3-15(4-6-16)13-18(2)10-9-17(20)21/h3-6,14H,7-13H2,1-2H3,(H,20,21). The van der Waals surface area contributed by atoms with Crippen LogP contribution in [0.15, 0.2) is 24.3 Å². The SMILES string of the molecule is CC1CCN(c2ccc(CN(C)CCC(=O)O)cc2)CC1. The monoisotopic (exact) mass is 290 g/mol. The summed E-state index contributed by atoms with van der Waals surface area (Å²) >= 11 is 0. The van der Waals surface area contributed by atoms with Crippen molar-refractivity contribution in [3.63, 3.8) is 0 Å². The van der Waals surface area contributed by atoms with E-state index >= 15 is 0 Å². The highest BCUT2D eigenvalue weighted by atomic mass is 16.4. The van der Waals surface area contributed by atoms with Crippen LogP contribution in [0.3, 0.4) is 0 Å². The Bertz CT molecular complexity index is 450. The molecule has 1 N–H and O–H groups in total. The number of nitrogens with zero attached hydrogens (tertiary/aromatic N) is 2. The highest BCUT2D eigenvalue weighted by Crippen LogP contribution is 2.23. The predicted octanol–water partition coefficient (Wildman–Crippen LogP) is 2.83. The molecule has 0 saturated carbocycles. The average Bonchev–Trinajstić information content (AvgIpc) is 2.47. The molecule has 21 heavy (non-hydrogen) atoms. The van der Waals surface area contributed by atoms with Crippen LogP contribution in [-0.4, -0.2) is 42.7 Å². The van der Waals surface area contributed by atoms with E-state index in [9.17, 15) is 4.79 Å². The van der Waals surface area contributed by atoms with Crippen LogP contribution in [0.1, 0.15) is 31.7 Å². The zero-order valence-corrected chi connectivity index (χ0v) is 13.1. The molecular weight excluding hydrogens is 264 g/mol. The van der Waals surface area contributed by atoms with Gasteiger partial charge in [0.25, 0.3) is 0 Å². The summed E-state index contributed by atoms with van der Waals surface area (Å²) in [6, 6.07) is 8.70. The third-order valence-electron chi connectivity index (χ3n) is 4.25. The molecule has 2 rings (SSSR count). The Hall–Kier alpha value is -1.55. The maximum Gasteiger partial charge on any atom is 0.304 e. The number of rotatable bonds is 6. The van der Waals surface area contributed by atoms with E-state index in [0.29, 0.717) is 6.54 Å². The fourth-order valence-corrected chi connectivity index (χ4v) is 2.76. The lowest BCUT2D eigenvalue weighted by molar-refractivity contribution is -0.137. The van der Waals surface area contributed by atoms with Crippen molar-refractivity contribution in [2.45, 2.75) is 32.7 Å². The van der Waals surface area contributed by atoms with Gasteiger partial charge >= 0.3 is 5.97 Å². The first-order chi connectivity index (χ1) is 10.0. The molecule has 1 fully saturated rings. The van der Waals surface area contributed by atoms with Gasteiger partial charge in [-0.2, -0.15) is 0 Å². The van der Waals surface area contributed by atoms with Crippen molar-refractivity contribution in [3.05, 3.63) is 29.8 Å². The lowest BCUT2D eigenvalue weighted by Gasteiger charge is -2.32. The number of piperidine rings is 1. The number of carboxylic acid groups (broad SMARTS) is 1. The van der Waals surface area contributed by atoms with Crippen LogP contribution in [0, 0.1) is 5.92 Å². The highest BCUT2D eigenvalue weighted by molar-refractivity contribution is 5.66. The van der Waals surface area contributed by atoms with Crippen molar-refractivity contribution >= 4 is 11.7 Å². The van der Waals surface area contributed by atoms with Gasteiger partial charge in [-0.15, -0.1) is 0 Å². The lowest BCUT2D eigenvalue weighted by atomic mass is 9.98. The first-order valence-corrected chi connectivity index (χ1v) is 7.79. The second-order valence-electron chi connectivity index (χ2n) is 6.22. The van der Waals surface area contributed by atoms with Gasteiger partial charge in [0.15, 0.2) is 0 Å². The molecule has 0 spiro atoms. The summed E-state index contributed by atoms with van der Waals surface area (Å²) in [6.07, 6.45) is 2.75. The zero-order chi connectivity index (χ0) is 15.2. The summed E-state index contributed by atoms with van der Waals surface area (Å²) in [4.78, 5) is 15.1. The molecule has 116 valence electrons. The van der Waals surface area contributed by atoms with Gasteiger partial charge in [-0.05, 0) is 43.5 Å². The number of hydrogen-bond donors (Lipinski definition) is 1. The molecule has 0 bridgehead atoms. The quantitative estimate of drug-likeness (QED) is 0.875. The number of hydrogen-bond acceptors (Lipinski definition) is 3. The molecule has 4 nitrogen and oxygen atoms in total. The summed E-state index contributed by atoms with van der Waals surface area (Å²) in [7, 11) is 1.96. The Morgan fingerprint density at radius 1 is 1.29 bits per heavy atom. The number of carboxylic acids is 1. The average molecular weight is 290 g/mol. The maximum atomic E-state index is 10.6. The van der Waals surface area contributed by atoms with Crippen molar-refractivity contribution in [1.82, 2.24) is 4.90 Å². The van der Waals surface area contributed by atoms with Crippen LogP contribution in [0.25, 0.3) is 0 Å². The molecule has 1 saturated heterocycles. The molecule has 0 atom stereocenters. The number of aliphatic carboxylic acids is 1. The normalized spacial score (nSPS) is 16.4. The Morgan fingerprint density at radius 3 is 2.48 bits per heavy atom. The van der Waals surface area contributed by atoms with E-state index in [1.807, 2.05) is 11.9 Å². The summed E-state index contributed by atoms with van der Waals surface area (Å²) < 4.78 is 0. The third-order valence-corrected chi connectivity index (χ3v) is 4.25. The van der Waals surface area contributed by atoms with E-state index in [0.717, 1.165) is 25.6 Å². The maximum absolute atomic E-state index is 10.6. The van der Waals surface area contributed by atoms with Crippen LogP contribution < -0.4 is 4.90 Å². The Morgan fingerprint density at radius 2 is 1.90 bits per heavy atom. The Kier molecular flexibility index (Phi) is 5.62. The van der Waals surface area contributed by atoms with E-state index < -0.39 is 5.97 Å². The van der Waals surface area contributed by atoms with Gasteiger partial charge in [0.2, 0.25) is 0 Å². The summed E-state index contributed by atoms with van der Waals surface area (Å²) in [5.74, 6) is 0.111. The fourth-order valence-electron chi connectivity index (χ4n) is 2.76. The molecule has 1 heterocycles. The summed E-state index contributed by atoms with van der Waals surface area (Å²) in [5, 5.41) is 8.70. The first-order valence-electron chi connectivity index (χ1n) is 7.79. The van der Waals surface area contributed by atoms with Gasteiger partial charge in [0, 0.05) is 31.9 Å². The molecule has 1 aromatic rings. The van der Waals surface area contributed by atoms with Gasteiger partial charge in [-0.1, -0.05) is 19.1 Å². The van der Waals surface area contributed by atoms with Crippen LogP contribution >= 0.6 is 0 Å². The van der Waals surface area contributed by atoms with Crippen LogP contribution in [-0.2, 0) is 11.3 Å². The van der Waals surface area contributed by atoms with E-state index in [1.54, 1.807) is 0 Å². The largest absolute Gasteiger partial charge is 0.481 e. The molecule has 0 radical (unpaired) electrons. The smallest absolute Gasteiger partial charge is 0.304 e. The molecule has 0 amide bonds. The minimum absolute atomic E-state index is 0.195. The molecule has 0 unspecified atom stereocenters. The Labute approximate surface area is 127 Å². The van der Waals surface area contributed by atoms with E-state index in [-0.39, 0.29) is 6.42 Å². The van der Waals surface area contributed by atoms with Gasteiger partial charge in [-0.3, -0.25) is 4.79 Å². The van der Waals surface area contributed by atoms with Crippen molar-refractivity contribution in [1.29, 1.82) is 0 Å². The minimum atomic E-state index is -0.739. The molecule has 1 aliphatic rings. The number of anilines is 1. The molecule has 0 aromatic heterocycles. The highest BCUT2D eigenvalue weighted by Gasteiger charge is 2.15. The molecule has 0 aliphatic carbocycles. The molecular formula is C17H26N2O2. The van der Waals surface area contributed by atoms with Gasteiger partial charge in [0.1, 0.15) is 0 Å². The van der Waals surface area contributed by atoms with Crippen molar-refractivity contribution < 1.29 is 9.90 Å². The number of benzene rings is 1. The van der Waals surface area contributed by atoms with Gasteiger partial charge in [0.05, 0.1) is 6.42 Å². The van der Waals surface area contributed by atoms with E-state index in [2.05, 4.69) is 36.1 Å². The second-order valence-corrected chi connectivity index (χ2v) is 6.22. The first kappa shape index (κ1) is 15.8. The van der Waals surface area contributed by atoms with Crippen LogP contribution in [0.4, 0.5) is 5.69 Å². The summed E-state index contributed by atoms with van der Waals surface area (Å²) in [6.45, 7) is 6.01. The van der Waals surface area contributed by atoms with E-state index in [1.165, 1.54) is 24.1 Å². The van der Waals surface area contributed by atoms with Crippen molar-refractivity contribution in [3.8, 4) is 0 Å². The van der Waals surface area contributed by atoms with Gasteiger partial charge in [-0.25, -0.2) is 0 Å². The van der Waals surface area contributed by atoms with Crippen LogP contribution in [0.2, 0.25) is 0 Å². The number of carbonyl (C=O) groups is 1. The fraction of sp³-hybridized carbons (Fsp3) is 0.588. The lowest BCUT2D eigenvalue weighted by Crippen LogP contribution is -2.32. The predicted molar refractivity (Wildman–Crippen MR) is 85.6 cm³/mol. The third kappa shape index (κ3) is 5.05. The Balaban J connectivity index is 1.85. The van der Waals surface area contributed by atoms with Crippen molar-refractivity contribution in [2.24, 2.45) is 5.92 Å². The zero-order valence-electron chi connectivity index (χ0n) is 13.1. The molecule has 1 aliphatic heterocycles. The molecule has 1 aromatic carbocycles. The van der Waals surface area contributed by atoms with E-state index in [4.69, 9.17) is 5.11 Å². The van der Waals surface area contributed by atoms with Crippen LogP contribution in [0.5, 0.6) is 0 Å². The second kappa shape index (κ2) is 7.46.